The maximum Gasteiger partial charge on any atom is 0.321 e. The van der Waals surface area contributed by atoms with Crippen LogP contribution in [0.2, 0.25) is 0 Å². The lowest BCUT2D eigenvalue weighted by Gasteiger charge is -2.23. The quantitative estimate of drug-likeness (QED) is 0.654. The van der Waals surface area contributed by atoms with Crippen molar-refractivity contribution in [1.29, 1.82) is 0 Å². The summed E-state index contributed by atoms with van der Waals surface area (Å²) in [5.74, 6) is -0.812. The number of carbonyl (C=O) groups excluding carboxylic acids is 2. The number of nitrogens with zero attached hydrogens (tertiary/aromatic N) is 1. The van der Waals surface area contributed by atoms with Gasteiger partial charge >= 0.3 is 12.0 Å². The van der Waals surface area contributed by atoms with Gasteiger partial charge in [-0.1, -0.05) is 0 Å². The maximum atomic E-state index is 11.8. The number of carboxylic acids is 1. The van der Waals surface area contributed by atoms with Crippen molar-refractivity contribution in [3.63, 3.8) is 0 Å². The molecule has 3 N–H and O–H groups in total. The Balaban J connectivity index is 2.38. The molecule has 1 rings (SSSR count). The molecule has 0 aromatic heterocycles. The third-order valence-electron chi connectivity index (χ3n) is 3.47. The summed E-state index contributed by atoms with van der Waals surface area (Å²) in [6.45, 7) is 3.21. The van der Waals surface area contributed by atoms with Gasteiger partial charge in [0, 0.05) is 20.0 Å². The lowest BCUT2D eigenvalue weighted by Crippen LogP contribution is -2.48. The number of hydrogen-bond acceptors (Lipinski definition) is 4. The molecule has 108 valence electrons. The van der Waals surface area contributed by atoms with Crippen LogP contribution in [-0.4, -0.2) is 54.1 Å². The monoisotopic (exact) mass is 271 g/mol. The van der Waals surface area contributed by atoms with Gasteiger partial charge in [0.15, 0.2) is 0 Å². The molecule has 1 saturated heterocycles. The molecule has 0 saturated carbocycles. The molecule has 3 amide bonds. The van der Waals surface area contributed by atoms with Crippen LogP contribution in [0.5, 0.6) is 0 Å². The Morgan fingerprint density at radius 3 is 2.68 bits per heavy atom. The number of carbonyl (C=O) groups is 3. The second kappa shape index (κ2) is 7.08. The van der Waals surface area contributed by atoms with Crippen LogP contribution in [0, 0.1) is 5.92 Å². The molecular formula is C12H21N3O4. The molecule has 0 aromatic carbocycles. The van der Waals surface area contributed by atoms with E-state index in [0.717, 1.165) is 13.0 Å². The average Bonchev–Trinajstić information content (AvgIpc) is 2.83. The number of urea groups is 1. The smallest absolute Gasteiger partial charge is 0.321 e. The fraction of sp³-hybridized carbons (Fsp3) is 0.750. The minimum atomic E-state index is -0.788. The molecule has 0 aliphatic carbocycles. The molecule has 0 aromatic rings. The summed E-state index contributed by atoms with van der Waals surface area (Å²) in [4.78, 5) is 35.3. The Morgan fingerprint density at radius 1 is 1.42 bits per heavy atom. The fourth-order valence-electron chi connectivity index (χ4n) is 2.22. The Kier molecular flexibility index (Phi) is 5.75. The van der Waals surface area contributed by atoms with Gasteiger partial charge in [0.1, 0.15) is 0 Å². The van der Waals surface area contributed by atoms with Gasteiger partial charge in [-0.05, 0) is 32.2 Å². The van der Waals surface area contributed by atoms with E-state index >= 15 is 0 Å². The third kappa shape index (κ3) is 4.86. The summed E-state index contributed by atoms with van der Waals surface area (Å²) in [6, 6.07) is -0.898. The minimum Gasteiger partial charge on any atom is -0.481 e. The predicted molar refractivity (Wildman–Crippen MR) is 68.6 cm³/mol. The Labute approximate surface area is 112 Å². The summed E-state index contributed by atoms with van der Waals surface area (Å²) in [6.07, 6.45) is 1.69. The van der Waals surface area contributed by atoms with Crippen molar-refractivity contribution in [3.8, 4) is 0 Å². The molecule has 1 fully saturated rings. The molecule has 1 aliphatic rings. The van der Waals surface area contributed by atoms with Crippen molar-refractivity contribution in [2.24, 2.45) is 5.92 Å². The van der Waals surface area contributed by atoms with E-state index in [1.807, 2.05) is 4.90 Å². The molecule has 1 aliphatic heterocycles. The lowest BCUT2D eigenvalue weighted by atomic mass is 10.0. The molecule has 7 nitrogen and oxygen atoms in total. The van der Waals surface area contributed by atoms with E-state index in [-0.39, 0.29) is 18.4 Å². The lowest BCUT2D eigenvalue weighted by molar-refractivity contribution is -0.137. The summed E-state index contributed by atoms with van der Waals surface area (Å²) in [7, 11) is 1.45. The van der Waals surface area contributed by atoms with E-state index in [4.69, 9.17) is 5.11 Å². The minimum absolute atomic E-state index is 0.164. The van der Waals surface area contributed by atoms with E-state index in [2.05, 4.69) is 10.6 Å². The highest BCUT2D eigenvalue weighted by molar-refractivity contribution is 5.96. The van der Waals surface area contributed by atoms with Crippen molar-refractivity contribution in [2.45, 2.75) is 32.2 Å². The van der Waals surface area contributed by atoms with Gasteiger partial charge in [-0.15, -0.1) is 0 Å². The summed E-state index contributed by atoms with van der Waals surface area (Å²) in [5.41, 5.74) is 0. The highest BCUT2D eigenvalue weighted by atomic mass is 16.4. The number of hydrogen-bond donors (Lipinski definition) is 3. The summed E-state index contributed by atoms with van der Waals surface area (Å²) >= 11 is 0. The molecular weight excluding hydrogens is 250 g/mol. The first-order valence-electron chi connectivity index (χ1n) is 6.42. The molecule has 1 heterocycles. The van der Waals surface area contributed by atoms with Crippen molar-refractivity contribution >= 4 is 17.9 Å². The SMILES string of the molecule is CNC(=O)NC(=O)C(C)N1CCC(CCC(=O)O)C1. The molecule has 0 bridgehead atoms. The van der Waals surface area contributed by atoms with E-state index < -0.39 is 12.0 Å². The normalized spacial score (nSPS) is 20.8. The second-order valence-corrected chi connectivity index (χ2v) is 4.83. The number of likely N-dealkylation sites (tertiary alicyclic amines) is 1. The average molecular weight is 271 g/mol. The van der Waals surface area contributed by atoms with Gasteiger partial charge < -0.3 is 10.4 Å². The third-order valence-corrected chi connectivity index (χ3v) is 3.47. The zero-order valence-electron chi connectivity index (χ0n) is 11.3. The maximum absolute atomic E-state index is 11.8. The van der Waals surface area contributed by atoms with Gasteiger partial charge in [-0.25, -0.2) is 4.79 Å². The summed E-state index contributed by atoms with van der Waals surface area (Å²) in [5, 5.41) is 13.2. The molecule has 7 heteroatoms. The summed E-state index contributed by atoms with van der Waals surface area (Å²) < 4.78 is 0. The number of carboxylic acid groups (broad SMARTS) is 1. The van der Waals surface area contributed by atoms with Crippen molar-refractivity contribution < 1.29 is 19.5 Å². The standard InChI is InChI=1S/C12H21N3O4/c1-8(11(18)14-12(19)13-2)15-6-5-9(7-15)3-4-10(16)17/h8-9H,3-7H2,1-2H3,(H,16,17)(H2,13,14,18,19). The first kappa shape index (κ1) is 15.4. The van der Waals surface area contributed by atoms with Crippen LogP contribution in [0.4, 0.5) is 4.79 Å². The second-order valence-electron chi connectivity index (χ2n) is 4.83. The van der Waals surface area contributed by atoms with Crippen molar-refractivity contribution in [1.82, 2.24) is 15.5 Å². The predicted octanol–water partition coefficient (Wildman–Crippen LogP) is 0.0172. The van der Waals surface area contributed by atoms with E-state index in [9.17, 15) is 14.4 Å². The number of nitrogens with one attached hydrogen (secondary N) is 2. The number of aliphatic carboxylic acids is 1. The first-order valence-corrected chi connectivity index (χ1v) is 6.42. The molecule has 0 radical (unpaired) electrons. The zero-order valence-corrected chi connectivity index (χ0v) is 11.3. The Morgan fingerprint density at radius 2 is 2.11 bits per heavy atom. The highest BCUT2D eigenvalue weighted by Crippen LogP contribution is 2.22. The van der Waals surface area contributed by atoms with Gasteiger partial charge in [0.2, 0.25) is 5.91 Å². The van der Waals surface area contributed by atoms with Gasteiger partial charge in [-0.3, -0.25) is 19.8 Å². The van der Waals surface area contributed by atoms with Crippen LogP contribution in [0.1, 0.15) is 26.2 Å². The van der Waals surface area contributed by atoms with Crippen LogP contribution in [0.3, 0.4) is 0 Å². The zero-order chi connectivity index (χ0) is 14.4. The number of amides is 3. The number of imide groups is 1. The van der Waals surface area contributed by atoms with E-state index in [0.29, 0.717) is 18.9 Å². The van der Waals surface area contributed by atoms with Crippen molar-refractivity contribution in [2.75, 3.05) is 20.1 Å². The topological polar surface area (TPSA) is 98.7 Å². The van der Waals surface area contributed by atoms with Crippen molar-refractivity contribution in [3.05, 3.63) is 0 Å². The van der Waals surface area contributed by atoms with Crippen LogP contribution < -0.4 is 10.6 Å². The van der Waals surface area contributed by atoms with E-state index in [1.54, 1.807) is 6.92 Å². The van der Waals surface area contributed by atoms with Crippen LogP contribution in [0.25, 0.3) is 0 Å². The largest absolute Gasteiger partial charge is 0.481 e. The first-order chi connectivity index (χ1) is 8.93. The molecule has 19 heavy (non-hydrogen) atoms. The van der Waals surface area contributed by atoms with E-state index in [1.165, 1.54) is 7.05 Å². The number of rotatable bonds is 5. The fourth-order valence-corrected chi connectivity index (χ4v) is 2.22. The van der Waals surface area contributed by atoms with Gasteiger partial charge in [0.25, 0.3) is 0 Å². The highest BCUT2D eigenvalue weighted by Gasteiger charge is 2.30. The van der Waals surface area contributed by atoms with Gasteiger partial charge in [0.05, 0.1) is 6.04 Å². The molecule has 0 spiro atoms. The molecule has 2 atom stereocenters. The van der Waals surface area contributed by atoms with Crippen LogP contribution in [0.15, 0.2) is 0 Å². The van der Waals surface area contributed by atoms with Crippen LogP contribution in [-0.2, 0) is 9.59 Å². The van der Waals surface area contributed by atoms with Gasteiger partial charge in [-0.2, -0.15) is 0 Å². The molecule has 2 unspecified atom stereocenters. The van der Waals surface area contributed by atoms with Crippen LogP contribution >= 0.6 is 0 Å². The Bertz CT molecular complexity index is 359. The Hall–Kier alpha value is -1.63.